The number of hydrogen-bond donors (Lipinski definition) is 1. The average Bonchev–Trinajstić information content (AvgIpc) is 2.83. The fourth-order valence-corrected chi connectivity index (χ4v) is 5.73. The van der Waals surface area contributed by atoms with E-state index in [1.807, 2.05) is 39.0 Å². The van der Waals surface area contributed by atoms with E-state index in [4.69, 9.17) is 9.47 Å². The van der Waals surface area contributed by atoms with Gasteiger partial charge in [-0.3, -0.25) is 9.10 Å². The number of carbonyl (C=O) groups is 1. The molecule has 0 radical (unpaired) electrons. The Balaban J connectivity index is 1.66. The normalized spacial score (nSPS) is 16.4. The summed E-state index contributed by atoms with van der Waals surface area (Å²) in [6.07, 6.45) is 0.486. The lowest BCUT2D eigenvalue weighted by atomic mass is 9.89. The topological polar surface area (TPSA) is 84.9 Å². The number of methoxy groups -OCH3 is 1. The minimum absolute atomic E-state index is 0.0903. The summed E-state index contributed by atoms with van der Waals surface area (Å²) in [5, 5.41) is 2.95. The highest BCUT2D eigenvalue weighted by atomic mass is 32.2. The van der Waals surface area contributed by atoms with Crippen LogP contribution in [0.5, 0.6) is 11.5 Å². The van der Waals surface area contributed by atoms with Gasteiger partial charge in [-0.05, 0) is 63.2 Å². The molecule has 4 rings (SSSR count). The van der Waals surface area contributed by atoms with Crippen LogP contribution in [0.1, 0.15) is 37.4 Å². The summed E-state index contributed by atoms with van der Waals surface area (Å²) < 4.78 is 53.9. The number of sulfonamides is 1. The Morgan fingerprint density at radius 3 is 2.50 bits per heavy atom. The molecule has 7 nitrogen and oxygen atoms in total. The highest BCUT2D eigenvalue weighted by Crippen LogP contribution is 2.40. The van der Waals surface area contributed by atoms with E-state index in [0.29, 0.717) is 17.9 Å². The maximum atomic E-state index is 14.8. The van der Waals surface area contributed by atoms with Crippen molar-refractivity contribution >= 4 is 21.6 Å². The van der Waals surface area contributed by atoms with E-state index < -0.39 is 39.9 Å². The SMILES string of the molecule is COc1ccc(S(=O)(=O)N(CC(=O)NC2CC(C)(C)Oc3ccc(C)cc32)c2ccccc2F)cc1. The smallest absolute Gasteiger partial charge is 0.264 e. The predicted molar refractivity (Wildman–Crippen MR) is 135 cm³/mol. The second-order valence-electron chi connectivity index (χ2n) is 9.37. The van der Waals surface area contributed by atoms with E-state index in [-0.39, 0.29) is 10.6 Å². The van der Waals surface area contributed by atoms with Gasteiger partial charge in [0.15, 0.2) is 0 Å². The summed E-state index contributed by atoms with van der Waals surface area (Å²) in [5.74, 6) is -0.180. The summed E-state index contributed by atoms with van der Waals surface area (Å²) in [6.45, 7) is 5.19. The monoisotopic (exact) mass is 512 g/mol. The molecule has 3 aromatic rings. The summed E-state index contributed by atoms with van der Waals surface area (Å²) in [5.41, 5.74) is 1.07. The van der Waals surface area contributed by atoms with Crippen molar-refractivity contribution in [2.45, 2.75) is 43.7 Å². The van der Waals surface area contributed by atoms with Crippen LogP contribution in [0.15, 0.2) is 71.6 Å². The van der Waals surface area contributed by atoms with Crippen molar-refractivity contribution in [1.29, 1.82) is 0 Å². The molecule has 1 aliphatic rings. The molecule has 190 valence electrons. The first-order valence-corrected chi connectivity index (χ1v) is 12.9. The van der Waals surface area contributed by atoms with Crippen molar-refractivity contribution in [2.75, 3.05) is 18.0 Å². The lowest BCUT2D eigenvalue weighted by Gasteiger charge is -2.38. The summed E-state index contributed by atoms with van der Waals surface area (Å²) in [6, 6.07) is 16.5. The molecular formula is C27H29FN2O5S. The number of anilines is 1. The highest BCUT2D eigenvalue weighted by Gasteiger charge is 2.36. The average molecular weight is 513 g/mol. The summed E-state index contributed by atoms with van der Waals surface area (Å²) in [4.78, 5) is 13.2. The zero-order valence-electron chi connectivity index (χ0n) is 20.6. The zero-order chi connectivity index (χ0) is 26.1. The van der Waals surface area contributed by atoms with Crippen molar-refractivity contribution in [3.63, 3.8) is 0 Å². The zero-order valence-corrected chi connectivity index (χ0v) is 21.4. The van der Waals surface area contributed by atoms with Crippen LogP contribution < -0.4 is 19.1 Å². The first kappa shape index (κ1) is 25.5. The lowest BCUT2D eigenvalue weighted by Crippen LogP contribution is -2.45. The standard InChI is InChI=1S/C27H29FN2O5S/c1-18-9-14-25-21(15-18)23(16-27(2,3)35-25)29-26(31)17-30(24-8-6-5-7-22(24)28)36(32,33)20-12-10-19(34-4)11-13-20/h5-15,23H,16-17H2,1-4H3,(H,29,31). The molecule has 9 heteroatoms. The quantitative estimate of drug-likeness (QED) is 0.494. The molecule has 1 N–H and O–H groups in total. The number of nitrogens with zero attached hydrogens (tertiary/aromatic N) is 1. The molecule has 36 heavy (non-hydrogen) atoms. The van der Waals surface area contributed by atoms with Crippen LogP contribution >= 0.6 is 0 Å². The number of carbonyl (C=O) groups excluding carboxylic acids is 1. The highest BCUT2D eigenvalue weighted by molar-refractivity contribution is 7.92. The predicted octanol–water partition coefficient (Wildman–Crippen LogP) is 4.76. The van der Waals surface area contributed by atoms with Crippen molar-refractivity contribution in [2.24, 2.45) is 0 Å². The van der Waals surface area contributed by atoms with Crippen LogP contribution in [0.2, 0.25) is 0 Å². The van der Waals surface area contributed by atoms with E-state index in [1.165, 1.54) is 49.6 Å². The first-order chi connectivity index (χ1) is 17.0. The molecule has 0 aliphatic carbocycles. The van der Waals surface area contributed by atoms with Gasteiger partial charge in [0.05, 0.1) is 23.7 Å². The van der Waals surface area contributed by atoms with Crippen LogP contribution in [0.3, 0.4) is 0 Å². The fraction of sp³-hybridized carbons (Fsp3) is 0.296. The van der Waals surface area contributed by atoms with E-state index in [9.17, 15) is 17.6 Å². The summed E-state index contributed by atoms with van der Waals surface area (Å²) >= 11 is 0. The number of nitrogens with one attached hydrogen (secondary N) is 1. The molecule has 0 fully saturated rings. The van der Waals surface area contributed by atoms with Crippen molar-refractivity contribution < 1.29 is 27.1 Å². The first-order valence-electron chi connectivity index (χ1n) is 11.5. The molecule has 0 saturated heterocycles. The Labute approximate surface area is 210 Å². The second-order valence-corrected chi connectivity index (χ2v) is 11.2. The summed E-state index contributed by atoms with van der Waals surface area (Å²) in [7, 11) is -2.81. The number of ether oxygens (including phenoxy) is 2. The van der Waals surface area contributed by atoms with Crippen LogP contribution in [0, 0.1) is 12.7 Å². The third kappa shape index (κ3) is 5.31. The molecule has 0 spiro atoms. The Hall–Kier alpha value is -3.59. The molecule has 1 amide bonds. The number of halogens is 1. The fourth-order valence-electron chi connectivity index (χ4n) is 4.30. The molecule has 0 aromatic heterocycles. The molecular weight excluding hydrogens is 483 g/mol. The molecule has 1 unspecified atom stereocenters. The lowest BCUT2D eigenvalue weighted by molar-refractivity contribution is -0.120. The van der Waals surface area contributed by atoms with Gasteiger partial charge in [-0.2, -0.15) is 0 Å². The number of benzene rings is 3. The number of amides is 1. The van der Waals surface area contributed by atoms with E-state index in [1.54, 1.807) is 0 Å². The Morgan fingerprint density at radius 2 is 1.83 bits per heavy atom. The number of hydrogen-bond acceptors (Lipinski definition) is 5. The molecule has 1 atom stereocenters. The van der Waals surface area contributed by atoms with Crippen LogP contribution in [-0.2, 0) is 14.8 Å². The second kappa shape index (κ2) is 9.81. The number of aryl methyl sites for hydroxylation is 1. The molecule has 1 aliphatic heterocycles. The van der Waals surface area contributed by atoms with Gasteiger partial charge in [0.1, 0.15) is 29.5 Å². The molecule has 0 saturated carbocycles. The van der Waals surface area contributed by atoms with Gasteiger partial charge in [0.25, 0.3) is 10.0 Å². The molecule has 0 bridgehead atoms. The largest absolute Gasteiger partial charge is 0.497 e. The number of rotatable bonds is 7. The minimum Gasteiger partial charge on any atom is -0.497 e. The minimum atomic E-state index is -4.28. The maximum absolute atomic E-state index is 14.8. The van der Waals surface area contributed by atoms with Gasteiger partial charge in [0.2, 0.25) is 5.91 Å². The third-order valence-electron chi connectivity index (χ3n) is 6.01. The van der Waals surface area contributed by atoms with E-state index >= 15 is 0 Å². The Kier molecular flexibility index (Phi) is 6.95. The van der Waals surface area contributed by atoms with Gasteiger partial charge in [0, 0.05) is 12.0 Å². The van der Waals surface area contributed by atoms with Crippen molar-refractivity contribution in [3.8, 4) is 11.5 Å². The van der Waals surface area contributed by atoms with Crippen LogP contribution in [0.25, 0.3) is 0 Å². The van der Waals surface area contributed by atoms with Gasteiger partial charge in [-0.25, -0.2) is 12.8 Å². The van der Waals surface area contributed by atoms with Crippen LogP contribution in [0.4, 0.5) is 10.1 Å². The van der Waals surface area contributed by atoms with Crippen molar-refractivity contribution in [1.82, 2.24) is 5.32 Å². The van der Waals surface area contributed by atoms with Crippen LogP contribution in [-0.4, -0.2) is 33.6 Å². The Morgan fingerprint density at radius 1 is 1.14 bits per heavy atom. The maximum Gasteiger partial charge on any atom is 0.264 e. The third-order valence-corrected chi connectivity index (χ3v) is 7.79. The van der Waals surface area contributed by atoms with Gasteiger partial charge in [-0.1, -0.05) is 29.8 Å². The molecule has 3 aromatic carbocycles. The van der Waals surface area contributed by atoms with Gasteiger partial charge < -0.3 is 14.8 Å². The van der Waals surface area contributed by atoms with Gasteiger partial charge in [-0.15, -0.1) is 0 Å². The number of para-hydroxylation sites is 1. The van der Waals surface area contributed by atoms with E-state index in [0.717, 1.165) is 21.5 Å². The molecule has 1 heterocycles. The van der Waals surface area contributed by atoms with Crippen molar-refractivity contribution in [3.05, 3.63) is 83.7 Å². The van der Waals surface area contributed by atoms with Gasteiger partial charge >= 0.3 is 0 Å². The Bertz CT molecular complexity index is 1370. The van der Waals surface area contributed by atoms with E-state index in [2.05, 4.69) is 5.32 Å². The number of fused-ring (bicyclic) bond motifs is 1.